The third-order valence-electron chi connectivity index (χ3n) is 7.01. The highest BCUT2D eigenvalue weighted by atomic mass is 35.5. The van der Waals surface area contributed by atoms with Gasteiger partial charge in [0, 0.05) is 49.5 Å². The second-order valence-corrected chi connectivity index (χ2v) is 9.68. The number of benzene rings is 1. The number of ether oxygens (including phenoxy) is 1. The maximum absolute atomic E-state index is 6.37. The Morgan fingerprint density at radius 2 is 1.97 bits per heavy atom. The van der Waals surface area contributed by atoms with Crippen LogP contribution in [0.25, 0.3) is 0 Å². The fraction of sp³-hybridized carbons (Fsp3) is 0.565. The minimum atomic E-state index is -0.302. The molecule has 0 saturated carbocycles. The predicted octanol–water partition coefficient (Wildman–Crippen LogP) is 1.54. The first-order chi connectivity index (χ1) is 16.0. The van der Waals surface area contributed by atoms with Gasteiger partial charge in [-0.15, -0.1) is 5.10 Å². The van der Waals surface area contributed by atoms with E-state index in [0.29, 0.717) is 18.7 Å². The van der Waals surface area contributed by atoms with E-state index in [1.54, 1.807) is 0 Å². The van der Waals surface area contributed by atoms with Gasteiger partial charge >= 0.3 is 0 Å². The molecule has 2 fully saturated rings. The number of aromatic nitrogens is 2. The van der Waals surface area contributed by atoms with Crippen LogP contribution in [-0.2, 0) is 18.2 Å². The molecule has 5 rings (SSSR count). The fourth-order valence-corrected chi connectivity index (χ4v) is 5.19. The van der Waals surface area contributed by atoms with Crippen molar-refractivity contribution in [1.29, 1.82) is 0 Å². The summed E-state index contributed by atoms with van der Waals surface area (Å²) >= 11 is 6.11. The van der Waals surface area contributed by atoms with Crippen LogP contribution >= 0.6 is 11.6 Å². The van der Waals surface area contributed by atoms with E-state index in [-0.39, 0.29) is 12.4 Å². The van der Waals surface area contributed by atoms with Crippen LogP contribution in [0.4, 0.5) is 0 Å². The van der Waals surface area contributed by atoms with Gasteiger partial charge < -0.3 is 15.0 Å². The van der Waals surface area contributed by atoms with E-state index in [0.717, 1.165) is 61.3 Å². The number of morpholine rings is 1. The van der Waals surface area contributed by atoms with Crippen LogP contribution in [0, 0.1) is 6.92 Å². The molecule has 3 aliphatic heterocycles. The van der Waals surface area contributed by atoms with Crippen molar-refractivity contribution in [3.05, 3.63) is 52.3 Å². The van der Waals surface area contributed by atoms with Crippen LogP contribution < -0.4 is 16.5 Å². The smallest absolute Gasteiger partial charge is 0.219 e. The fourth-order valence-electron chi connectivity index (χ4n) is 5.06. The molecule has 4 N–H and O–H groups in total. The van der Waals surface area contributed by atoms with Crippen LogP contribution in [-0.4, -0.2) is 70.2 Å². The molecule has 1 aromatic carbocycles. The molecule has 0 radical (unpaired) electrons. The molecule has 3 unspecified atom stereocenters. The van der Waals surface area contributed by atoms with Crippen molar-refractivity contribution in [2.45, 2.75) is 50.7 Å². The van der Waals surface area contributed by atoms with Gasteiger partial charge in [0.25, 0.3) is 0 Å². The Labute approximate surface area is 199 Å². The largest absolute Gasteiger partial charge is 0.369 e. The summed E-state index contributed by atoms with van der Waals surface area (Å²) in [5, 5.41) is 13.0. The summed E-state index contributed by atoms with van der Waals surface area (Å²) in [5.41, 5.74) is 12.2. The van der Waals surface area contributed by atoms with Gasteiger partial charge in [-0.3, -0.25) is 20.7 Å². The Morgan fingerprint density at radius 3 is 2.61 bits per heavy atom. The first-order valence-corrected chi connectivity index (χ1v) is 12.1. The highest BCUT2D eigenvalue weighted by Crippen LogP contribution is 2.31. The van der Waals surface area contributed by atoms with Gasteiger partial charge in [0.05, 0.1) is 12.3 Å². The van der Waals surface area contributed by atoms with E-state index in [4.69, 9.17) is 27.2 Å². The second-order valence-electron chi connectivity index (χ2n) is 9.24. The Kier molecular flexibility index (Phi) is 6.47. The zero-order valence-corrected chi connectivity index (χ0v) is 20.0. The minimum Gasteiger partial charge on any atom is -0.369 e. The van der Waals surface area contributed by atoms with E-state index in [2.05, 4.69) is 50.8 Å². The Bertz CT molecular complexity index is 965. The average molecular weight is 473 g/mol. The molecule has 9 nitrogen and oxygen atoms in total. The zero-order valence-electron chi connectivity index (χ0n) is 19.2. The van der Waals surface area contributed by atoms with Crippen molar-refractivity contribution in [2.75, 3.05) is 26.2 Å². The number of hydrazone groups is 1. The van der Waals surface area contributed by atoms with Gasteiger partial charge in [-0.2, -0.15) is 5.10 Å². The molecule has 10 heteroatoms. The first kappa shape index (κ1) is 22.5. The van der Waals surface area contributed by atoms with Crippen molar-refractivity contribution in [2.24, 2.45) is 17.9 Å². The van der Waals surface area contributed by atoms with Gasteiger partial charge in [0.1, 0.15) is 6.10 Å². The molecular weight excluding hydrogens is 440 g/mol. The number of nitrogens with two attached hydrogens (primary N) is 1. The van der Waals surface area contributed by atoms with E-state index < -0.39 is 0 Å². The number of hydrogen-bond donors (Lipinski definition) is 3. The van der Waals surface area contributed by atoms with Crippen molar-refractivity contribution >= 4 is 17.6 Å². The van der Waals surface area contributed by atoms with Crippen LogP contribution in [0.5, 0.6) is 0 Å². The standard InChI is InChI=1S/C23H33ClN8O/c1-15-11-20(29-30(15)2)21-13-32(19(14-33-21)12-16-3-5-17(24)6-4-16)18-7-9-31(10-8-18)23-26-22(25)27-28-23/h3-6,11,18-19,21-22,27H,7-10,12-14,25H2,1-2H3,(H,26,28). The molecule has 0 aliphatic carbocycles. The summed E-state index contributed by atoms with van der Waals surface area (Å²) in [5.74, 6) is 0.850. The number of hydrogen-bond acceptors (Lipinski definition) is 8. The van der Waals surface area contributed by atoms with Gasteiger partial charge in [-0.25, -0.2) is 0 Å². The average Bonchev–Trinajstić information content (AvgIpc) is 3.41. The number of piperidine rings is 1. The van der Waals surface area contributed by atoms with Gasteiger partial charge in [0.2, 0.25) is 5.96 Å². The predicted molar refractivity (Wildman–Crippen MR) is 129 cm³/mol. The van der Waals surface area contributed by atoms with Gasteiger partial charge in [-0.05, 0) is 49.9 Å². The molecule has 178 valence electrons. The molecule has 4 heterocycles. The minimum absolute atomic E-state index is 0.00697. The van der Waals surface area contributed by atoms with E-state index in [1.807, 2.05) is 23.9 Å². The highest BCUT2D eigenvalue weighted by Gasteiger charge is 2.37. The van der Waals surface area contributed by atoms with Crippen molar-refractivity contribution < 1.29 is 4.74 Å². The van der Waals surface area contributed by atoms with E-state index >= 15 is 0 Å². The molecule has 0 spiro atoms. The molecule has 33 heavy (non-hydrogen) atoms. The number of guanidine groups is 1. The quantitative estimate of drug-likeness (QED) is 0.621. The molecule has 3 atom stereocenters. The summed E-state index contributed by atoms with van der Waals surface area (Å²) in [6.45, 7) is 5.52. The Balaban J connectivity index is 1.30. The maximum atomic E-state index is 6.37. The summed E-state index contributed by atoms with van der Waals surface area (Å²) in [7, 11) is 1.99. The molecule has 2 saturated heterocycles. The summed E-state index contributed by atoms with van der Waals surface area (Å²) < 4.78 is 8.30. The molecule has 2 aromatic rings. The third kappa shape index (κ3) is 4.96. The summed E-state index contributed by atoms with van der Waals surface area (Å²) in [6, 6.07) is 11.1. The Morgan fingerprint density at radius 1 is 1.21 bits per heavy atom. The number of nitrogens with one attached hydrogen (secondary N) is 2. The topological polar surface area (TPSA) is 96.0 Å². The van der Waals surface area contributed by atoms with Crippen LogP contribution in [0.3, 0.4) is 0 Å². The number of likely N-dealkylation sites (tertiary alicyclic amines) is 1. The Hall–Kier alpha value is -2.33. The lowest BCUT2D eigenvalue weighted by atomic mass is 9.96. The lowest BCUT2D eigenvalue weighted by Gasteiger charge is -2.46. The van der Waals surface area contributed by atoms with Crippen molar-refractivity contribution in [1.82, 2.24) is 30.3 Å². The van der Waals surface area contributed by atoms with Crippen LogP contribution in [0.2, 0.25) is 5.02 Å². The monoisotopic (exact) mass is 472 g/mol. The second kappa shape index (κ2) is 9.50. The van der Waals surface area contributed by atoms with E-state index in [1.165, 1.54) is 5.56 Å². The number of halogens is 1. The molecule has 0 bridgehead atoms. The van der Waals surface area contributed by atoms with E-state index in [9.17, 15) is 0 Å². The lowest BCUT2D eigenvalue weighted by Crippen LogP contribution is -2.57. The normalized spacial score (nSPS) is 26.7. The lowest BCUT2D eigenvalue weighted by molar-refractivity contribution is -0.0885. The highest BCUT2D eigenvalue weighted by molar-refractivity contribution is 6.30. The molecule has 3 aliphatic rings. The summed E-state index contributed by atoms with van der Waals surface area (Å²) in [6.07, 6.45) is 2.77. The first-order valence-electron chi connectivity index (χ1n) is 11.7. The number of aryl methyl sites for hydroxylation is 2. The third-order valence-corrected chi connectivity index (χ3v) is 7.26. The molecule has 1 aromatic heterocycles. The van der Waals surface area contributed by atoms with Crippen LogP contribution in [0.1, 0.15) is 35.9 Å². The van der Waals surface area contributed by atoms with Crippen molar-refractivity contribution in [3.8, 4) is 0 Å². The van der Waals surface area contributed by atoms with Crippen LogP contribution in [0.15, 0.2) is 35.4 Å². The number of nitrogens with zero attached hydrogens (tertiary/aromatic N) is 5. The molecule has 0 amide bonds. The van der Waals surface area contributed by atoms with Crippen molar-refractivity contribution in [3.63, 3.8) is 0 Å². The van der Waals surface area contributed by atoms with Gasteiger partial charge in [-0.1, -0.05) is 23.7 Å². The maximum Gasteiger partial charge on any atom is 0.219 e. The summed E-state index contributed by atoms with van der Waals surface area (Å²) in [4.78, 5) is 4.95. The number of rotatable bonds is 4. The van der Waals surface area contributed by atoms with Gasteiger partial charge in [0.15, 0.2) is 6.29 Å². The zero-order chi connectivity index (χ0) is 22.9. The molecular formula is C23H33ClN8O. The SMILES string of the molecule is Cc1cc(C2CN(C3CCN(C4=NNC(N)N4)CC3)C(Cc3ccc(Cl)cc3)CO2)nn1C.